The van der Waals surface area contributed by atoms with Crippen molar-refractivity contribution in [2.24, 2.45) is 5.41 Å². The van der Waals surface area contributed by atoms with E-state index in [0.29, 0.717) is 12.2 Å². The maximum atomic E-state index is 12.1. The first kappa shape index (κ1) is 13.8. The Kier molecular flexibility index (Phi) is 3.49. The fourth-order valence-corrected chi connectivity index (χ4v) is 2.65. The summed E-state index contributed by atoms with van der Waals surface area (Å²) in [6.45, 7) is 4.98. The van der Waals surface area contributed by atoms with Crippen LogP contribution in [0.25, 0.3) is 0 Å². The molecule has 2 aromatic rings. The molecule has 3 rings (SSSR count). The minimum atomic E-state index is -0.0700. The number of carbonyl (C=O) groups is 1. The van der Waals surface area contributed by atoms with Gasteiger partial charge in [-0.25, -0.2) is 4.98 Å². The molecule has 21 heavy (non-hydrogen) atoms. The van der Waals surface area contributed by atoms with Crippen LogP contribution >= 0.6 is 0 Å². The van der Waals surface area contributed by atoms with Gasteiger partial charge in [-0.1, -0.05) is 19.9 Å². The van der Waals surface area contributed by atoms with Crippen LogP contribution in [0.1, 0.15) is 41.4 Å². The number of rotatable bonds is 3. The molecular weight excluding hydrogens is 264 g/mol. The highest BCUT2D eigenvalue weighted by Crippen LogP contribution is 2.25. The van der Waals surface area contributed by atoms with E-state index in [4.69, 9.17) is 0 Å². The van der Waals surface area contributed by atoms with E-state index in [1.165, 1.54) is 5.56 Å². The molecule has 110 valence electrons. The third kappa shape index (κ3) is 3.12. The Morgan fingerprint density at radius 2 is 2.19 bits per heavy atom. The van der Waals surface area contributed by atoms with Crippen LogP contribution in [0.2, 0.25) is 0 Å². The fourth-order valence-electron chi connectivity index (χ4n) is 2.65. The fraction of sp³-hybridized carbons (Fsp3) is 0.438. The van der Waals surface area contributed by atoms with Gasteiger partial charge in [0.25, 0.3) is 5.91 Å². The third-order valence-electron chi connectivity index (χ3n) is 3.80. The summed E-state index contributed by atoms with van der Waals surface area (Å²) in [7, 11) is 0. The average Bonchev–Trinajstić information content (AvgIpc) is 2.82. The van der Waals surface area contributed by atoms with Crippen LogP contribution in [0.3, 0.4) is 0 Å². The molecule has 2 N–H and O–H groups in total. The summed E-state index contributed by atoms with van der Waals surface area (Å²) in [5.41, 5.74) is 2.74. The second-order valence-corrected chi connectivity index (χ2v) is 6.40. The van der Waals surface area contributed by atoms with Crippen LogP contribution in [0.5, 0.6) is 0 Å². The molecule has 3 heterocycles. The molecular formula is C16H20N4O. The number of fused-ring (bicyclic) bond motifs is 1. The average molecular weight is 284 g/mol. The topological polar surface area (TPSA) is 70.7 Å². The van der Waals surface area contributed by atoms with Gasteiger partial charge in [0.15, 0.2) is 0 Å². The van der Waals surface area contributed by atoms with E-state index in [2.05, 4.69) is 40.2 Å². The van der Waals surface area contributed by atoms with Crippen molar-refractivity contribution in [3.05, 3.63) is 47.3 Å². The zero-order chi connectivity index (χ0) is 14.9. The summed E-state index contributed by atoms with van der Waals surface area (Å²) in [6, 6.07) is 3.99. The highest BCUT2D eigenvalue weighted by Gasteiger charge is 2.29. The summed E-state index contributed by atoms with van der Waals surface area (Å²) < 4.78 is 0. The standard InChI is InChI=1S/C16H20N4O/c1-16(2)8-12-14(15(21)18-10-16)20-13(19-12)6-5-11-4-3-7-17-9-11/h3-4,7,9H,5-6,8,10H2,1-2H3,(H,18,21)(H,19,20). The van der Waals surface area contributed by atoms with Crippen molar-refractivity contribution in [2.45, 2.75) is 33.1 Å². The summed E-state index contributed by atoms with van der Waals surface area (Å²) >= 11 is 0. The molecule has 1 aliphatic rings. The summed E-state index contributed by atoms with van der Waals surface area (Å²) in [5.74, 6) is 0.802. The first-order valence-corrected chi connectivity index (χ1v) is 7.28. The Hall–Kier alpha value is -2.17. The number of amides is 1. The Bertz CT molecular complexity index is 646. The third-order valence-corrected chi connectivity index (χ3v) is 3.80. The van der Waals surface area contributed by atoms with Gasteiger partial charge in [-0.15, -0.1) is 0 Å². The highest BCUT2D eigenvalue weighted by atomic mass is 16.1. The normalized spacial score (nSPS) is 17.0. The van der Waals surface area contributed by atoms with Crippen molar-refractivity contribution in [1.29, 1.82) is 0 Å². The number of aryl methyl sites for hydroxylation is 2. The molecule has 0 radical (unpaired) electrons. The van der Waals surface area contributed by atoms with Gasteiger partial charge in [-0.3, -0.25) is 9.78 Å². The lowest BCUT2D eigenvalue weighted by Crippen LogP contribution is -2.32. The molecule has 0 aromatic carbocycles. The van der Waals surface area contributed by atoms with Gasteiger partial charge in [0.1, 0.15) is 11.5 Å². The van der Waals surface area contributed by atoms with Crippen molar-refractivity contribution < 1.29 is 4.79 Å². The Labute approximate surface area is 124 Å². The van der Waals surface area contributed by atoms with E-state index in [1.54, 1.807) is 6.20 Å². The lowest BCUT2D eigenvalue weighted by atomic mass is 9.88. The number of aromatic nitrogens is 3. The van der Waals surface area contributed by atoms with E-state index in [0.717, 1.165) is 30.8 Å². The second-order valence-electron chi connectivity index (χ2n) is 6.40. The minimum absolute atomic E-state index is 0.0497. The summed E-state index contributed by atoms with van der Waals surface area (Å²) in [5, 5.41) is 2.95. The number of nitrogens with zero attached hydrogens (tertiary/aromatic N) is 2. The zero-order valence-electron chi connectivity index (χ0n) is 12.4. The first-order valence-electron chi connectivity index (χ1n) is 7.28. The largest absolute Gasteiger partial charge is 0.350 e. The second kappa shape index (κ2) is 5.31. The van der Waals surface area contributed by atoms with Gasteiger partial charge in [-0.05, 0) is 29.9 Å². The van der Waals surface area contributed by atoms with Gasteiger partial charge >= 0.3 is 0 Å². The highest BCUT2D eigenvalue weighted by molar-refractivity contribution is 5.93. The molecule has 0 aliphatic carbocycles. The quantitative estimate of drug-likeness (QED) is 0.904. The number of nitrogens with one attached hydrogen (secondary N) is 2. The van der Waals surface area contributed by atoms with Crippen LogP contribution in [0.4, 0.5) is 0 Å². The molecule has 2 aromatic heterocycles. The molecule has 0 atom stereocenters. The number of hydrogen-bond donors (Lipinski definition) is 2. The smallest absolute Gasteiger partial charge is 0.271 e. The van der Waals surface area contributed by atoms with Crippen molar-refractivity contribution in [1.82, 2.24) is 20.3 Å². The predicted octanol–water partition coefficient (Wildman–Crippen LogP) is 1.90. The monoisotopic (exact) mass is 284 g/mol. The van der Waals surface area contributed by atoms with Crippen molar-refractivity contribution >= 4 is 5.91 Å². The van der Waals surface area contributed by atoms with E-state index in [1.807, 2.05) is 12.3 Å². The zero-order valence-corrected chi connectivity index (χ0v) is 12.4. The van der Waals surface area contributed by atoms with Crippen LogP contribution in [-0.2, 0) is 19.3 Å². The number of imidazole rings is 1. The predicted molar refractivity (Wildman–Crippen MR) is 80.1 cm³/mol. The maximum absolute atomic E-state index is 12.1. The van der Waals surface area contributed by atoms with Gasteiger partial charge in [-0.2, -0.15) is 0 Å². The van der Waals surface area contributed by atoms with Crippen molar-refractivity contribution in [3.63, 3.8) is 0 Å². The van der Waals surface area contributed by atoms with Crippen molar-refractivity contribution in [2.75, 3.05) is 6.54 Å². The molecule has 5 heteroatoms. The van der Waals surface area contributed by atoms with Gasteiger partial charge in [0.2, 0.25) is 0 Å². The number of hydrogen-bond acceptors (Lipinski definition) is 3. The minimum Gasteiger partial charge on any atom is -0.350 e. The molecule has 0 bridgehead atoms. The van der Waals surface area contributed by atoms with E-state index >= 15 is 0 Å². The molecule has 1 aliphatic heterocycles. The van der Waals surface area contributed by atoms with Gasteiger partial charge in [0.05, 0.1) is 0 Å². The lowest BCUT2D eigenvalue weighted by molar-refractivity contribution is 0.0940. The van der Waals surface area contributed by atoms with E-state index in [9.17, 15) is 4.79 Å². The SMILES string of the molecule is CC1(C)CNC(=O)c2nc(CCc3cccnc3)[nH]c2C1. The van der Waals surface area contributed by atoms with Crippen LogP contribution in [0.15, 0.2) is 24.5 Å². The number of aromatic amines is 1. The van der Waals surface area contributed by atoms with E-state index in [-0.39, 0.29) is 11.3 Å². The lowest BCUT2D eigenvalue weighted by Gasteiger charge is -2.21. The number of carbonyl (C=O) groups excluding carboxylic acids is 1. The molecule has 0 saturated carbocycles. The molecule has 0 spiro atoms. The van der Waals surface area contributed by atoms with Crippen molar-refractivity contribution in [3.8, 4) is 0 Å². The molecule has 5 nitrogen and oxygen atoms in total. The van der Waals surface area contributed by atoms with Gasteiger partial charge < -0.3 is 10.3 Å². The Morgan fingerprint density at radius 3 is 2.95 bits per heavy atom. The van der Waals surface area contributed by atoms with Crippen LogP contribution < -0.4 is 5.32 Å². The Balaban J connectivity index is 1.77. The van der Waals surface area contributed by atoms with Crippen LogP contribution in [-0.4, -0.2) is 27.4 Å². The summed E-state index contributed by atoms with van der Waals surface area (Å²) in [4.78, 5) is 24.0. The Morgan fingerprint density at radius 1 is 1.33 bits per heavy atom. The molecule has 0 fully saturated rings. The van der Waals surface area contributed by atoms with Gasteiger partial charge in [0, 0.05) is 31.1 Å². The van der Waals surface area contributed by atoms with E-state index < -0.39 is 0 Å². The summed E-state index contributed by atoms with van der Waals surface area (Å²) in [6.07, 6.45) is 6.12. The first-order chi connectivity index (χ1) is 10.0. The molecule has 0 unspecified atom stereocenters. The number of pyridine rings is 1. The molecule has 0 saturated heterocycles. The molecule has 1 amide bonds. The number of H-pyrrole nitrogens is 1. The van der Waals surface area contributed by atoms with Crippen LogP contribution in [0, 0.1) is 5.41 Å². The maximum Gasteiger partial charge on any atom is 0.271 e.